The molecule has 0 saturated carbocycles. The Bertz CT molecular complexity index is 820. The van der Waals surface area contributed by atoms with Gasteiger partial charge in [-0.1, -0.05) is 6.58 Å². The first-order valence-electron chi connectivity index (χ1n) is 6.97. The van der Waals surface area contributed by atoms with E-state index in [1.54, 1.807) is 7.11 Å². The van der Waals surface area contributed by atoms with E-state index in [1.807, 2.05) is 66.1 Å². The monoisotopic (exact) mass is 294 g/mol. The van der Waals surface area contributed by atoms with Gasteiger partial charge in [0.25, 0.3) is 0 Å². The lowest BCUT2D eigenvalue weighted by Gasteiger charge is -2.17. The fraction of sp³-hybridized carbons (Fsp3) is 0.176. The lowest BCUT2D eigenvalue weighted by atomic mass is 10.2. The number of ether oxygens (including phenoxy) is 1. The third-order valence-electron chi connectivity index (χ3n) is 3.62. The van der Waals surface area contributed by atoms with Crippen LogP contribution in [0.4, 0.5) is 5.82 Å². The maximum Gasteiger partial charge on any atom is 0.137 e. The molecule has 0 aliphatic carbocycles. The number of hydrogen-bond acceptors (Lipinski definition) is 4. The van der Waals surface area contributed by atoms with Crippen molar-refractivity contribution in [1.82, 2.24) is 14.4 Å². The van der Waals surface area contributed by atoms with Crippen molar-refractivity contribution in [2.45, 2.75) is 6.92 Å². The van der Waals surface area contributed by atoms with E-state index in [0.29, 0.717) is 0 Å². The molecule has 3 aromatic heterocycles. The molecule has 5 nitrogen and oxygen atoms in total. The lowest BCUT2D eigenvalue weighted by molar-refractivity contribution is 0.412. The number of fused-ring (bicyclic) bond motifs is 1. The van der Waals surface area contributed by atoms with E-state index in [-0.39, 0.29) is 0 Å². The standard InChI is InChI=1S/C17H18N4O/c1-12(2)20(3)16-7-5-13(9-18-16)15-11-21-10-14(22-4)6-8-17(21)19-15/h5-11H,1H2,2-4H3. The molecule has 3 heterocycles. The van der Waals surface area contributed by atoms with Gasteiger partial charge in [-0.3, -0.25) is 0 Å². The van der Waals surface area contributed by atoms with Crippen molar-refractivity contribution in [3.05, 3.63) is 55.1 Å². The molecule has 0 amide bonds. The molecule has 0 aliphatic rings. The Morgan fingerprint density at radius 3 is 2.68 bits per heavy atom. The van der Waals surface area contributed by atoms with Gasteiger partial charge in [-0.25, -0.2) is 9.97 Å². The van der Waals surface area contributed by atoms with E-state index < -0.39 is 0 Å². The van der Waals surface area contributed by atoms with Crippen molar-refractivity contribution in [2.75, 3.05) is 19.1 Å². The SMILES string of the molecule is C=C(C)N(C)c1ccc(-c2cn3cc(OC)ccc3n2)cn1. The Labute approximate surface area is 129 Å². The van der Waals surface area contributed by atoms with Crippen molar-refractivity contribution >= 4 is 11.5 Å². The Balaban J connectivity index is 1.95. The van der Waals surface area contributed by atoms with Crippen molar-refractivity contribution in [3.8, 4) is 17.0 Å². The van der Waals surface area contributed by atoms with Crippen LogP contribution in [0.3, 0.4) is 0 Å². The predicted octanol–water partition coefficient (Wildman–Crippen LogP) is 3.37. The number of imidazole rings is 1. The first-order valence-corrected chi connectivity index (χ1v) is 6.97. The molecule has 0 fully saturated rings. The minimum atomic E-state index is 0.799. The van der Waals surface area contributed by atoms with E-state index in [9.17, 15) is 0 Å². The molecule has 0 radical (unpaired) electrons. The number of pyridine rings is 2. The van der Waals surface area contributed by atoms with Crippen LogP contribution in [0.2, 0.25) is 0 Å². The van der Waals surface area contributed by atoms with Gasteiger partial charge >= 0.3 is 0 Å². The molecule has 0 N–H and O–H groups in total. The van der Waals surface area contributed by atoms with Gasteiger partial charge in [0, 0.05) is 30.7 Å². The average molecular weight is 294 g/mol. The largest absolute Gasteiger partial charge is 0.495 e. The molecule has 3 aromatic rings. The fourth-order valence-electron chi connectivity index (χ4n) is 2.16. The number of nitrogens with zero attached hydrogens (tertiary/aromatic N) is 4. The van der Waals surface area contributed by atoms with Crippen LogP contribution in [-0.4, -0.2) is 28.5 Å². The van der Waals surface area contributed by atoms with Crippen LogP contribution in [0.1, 0.15) is 6.92 Å². The van der Waals surface area contributed by atoms with Crippen molar-refractivity contribution in [2.24, 2.45) is 0 Å². The summed E-state index contributed by atoms with van der Waals surface area (Å²) in [6.07, 6.45) is 5.70. The molecule has 5 heteroatoms. The van der Waals surface area contributed by atoms with Crippen LogP contribution < -0.4 is 9.64 Å². The maximum atomic E-state index is 5.23. The van der Waals surface area contributed by atoms with E-state index in [2.05, 4.69) is 16.5 Å². The zero-order chi connectivity index (χ0) is 15.7. The smallest absolute Gasteiger partial charge is 0.137 e. The van der Waals surface area contributed by atoms with Gasteiger partial charge < -0.3 is 14.0 Å². The Kier molecular flexibility index (Phi) is 3.55. The highest BCUT2D eigenvalue weighted by atomic mass is 16.5. The molecule has 3 rings (SSSR count). The van der Waals surface area contributed by atoms with Gasteiger partial charge in [0.05, 0.1) is 19.0 Å². The number of aromatic nitrogens is 3. The molecule has 0 bridgehead atoms. The summed E-state index contributed by atoms with van der Waals surface area (Å²) in [7, 11) is 3.60. The van der Waals surface area contributed by atoms with Crippen LogP contribution in [0.5, 0.6) is 5.75 Å². The summed E-state index contributed by atoms with van der Waals surface area (Å²) in [5.74, 6) is 1.66. The highest BCUT2D eigenvalue weighted by Crippen LogP contribution is 2.22. The van der Waals surface area contributed by atoms with Crippen molar-refractivity contribution in [3.63, 3.8) is 0 Å². The number of anilines is 1. The van der Waals surface area contributed by atoms with Crippen LogP contribution in [0.15, 0.2) is 55.1 Å². The maximum absolute atomic E-state index is 5.23. The highest BCUT2D eigenvalue weighted by Gasteiger charge is 2.07. The molecular formula is C17H18N4O. The van der Waals surface area contributed by atoms with E-state index in [0.717, 1.165) is 34.2 Å². The summed E-state index contributed by atoms with van der Waals surface area (Å²) in [5.41, 5.74) is 3.67. The highest BCUT2D eigenvalue weighted by molar-refractivity contribution is 5.63. The van der Waals surface area contributed by atoms with Gasteiger partial charge in [-0.05, 0) is 31.2 Å². The zero-order valence-corrected chi connectivity index (χ0v) is 12.9. The number of methoxy groups -OCH3 is 1. The second-order valence-corrected chi connectivity index (χ2v) is 5.16. The van der Waals surface area contributed by atoms with Crippen LogP contribution in [-0.2, 0) is 0 Å². The van der Waals surface area contributed by atoms with E-state index in [4.69, 9.17) is 4.74 Å². The summed E-state index contributed by atoms with van der Waals surface area (Å²) >= 11 is 0. The molecule has 0 atom stereocenters. The molecule has 0 aromatic carbocycles. The minimum Gasteiger partial charge on any atom is -0.495 e. The summed E-state index contributed by atoms with van der Waals surface area (Å²) in [4.78, 5) is 11.0. The normalized spacial score (nSPS) is 10.7. The summed E-state index contributed by atoms with van der Waals surface area (Å²) in [6.45, 7) is 5.87. The summed E-state index contributed by atoms with van der Waals surface area (Å²) < 4.78 is 7.17. The van der Waals surface area contributed by atoms with E-state index >= 15 is 0 Å². The molecule has 22 heavy (non-hydrogen) atoms. The van der Waals surface area contributed by atoms with Crippen LogP contribution >= 0.6 is 0 Å². The number of allylic oxidation sites excluding steroid dienone is 1. The number of rotatable bonds is 4. The van der Waals surface area contributed by atoms with Gasteiger partial charge in [-0.15, -0.1) is 0 Å². The topological polar surface area (TPSA) is 42.7 Å². The van der Waals surface area contributed by atoms with Crippen LogP contribution in [0.25, 0.3) is 16.9 Å². The average Bonchev–Trinajstić information content (AvgIpc) is 2.97. The molecule has 0 spiro atoms. The molecule has 112 valence electrons. The quantitative estimate of drug-likeness (QED) is 0.740. The lowest BCUT2D eigenvalue weighted by Crippen LogP contribution is -2.14. The second-order valence-electron chi connectivity index (χ2n) is 5.16. The zero-order valence-electron chi connectivity index (χ0n) is 12.9. The molecule has 0 unspecified atom stereocenters. The first-order chi connectivity index (χ1) is 10.6. The van der Waals surface area contributed by atoms with Crippen molar-refractivity contribution < 1.29 is 4.74 Å². The fourth-order valence-corrected chi connectivity index (χ4v) is 2.16. The van der Waals surface area contributed by atoms with Crippen molar-refractivity contribution in [1.29, 1.82) is 0 Å². The Morgan fingerprint density at radius 2 is 2.05 bits per heavy atom. The summed E-state index contributed by atoms with van der Waals surface area (Å²) in [5, 5.41) is 0. The van der Waals surface area contributed by atoms with Gasteiger partial charge in [0.1, 0.15) is 17.2 Å². The van der Waals surface area contributed by atoms with Gasteiger partial charge in [-0.2, -0.15) is 0 Å². The Morgan fingerprint density at radius 1 is 1.23 bits per heavy atom. The minimum absolute atomic E-state index is 0.799. The third-order valence-corrected chi connectivity index (χ3v) is 3.62. The molecule has 0 aliphatic heterocycles. The number of hydrogen-bond donors (Lipinski definition) is 0. The molecule has 0 saturated heterocycles. The molecular weight excluding hydrogens is 276 g/mol. The first kappa shape index (κ1) is 14.1. The Hall–Kier alpha value is -2.82. The van der Waals surface area contributed by atoms with Gasteiger partial charge in [0.15, 0.2) is 0 Å². The predicted molar refractivity (Wildman–Crippen MR) is 88.2 cm³/mol. The summed E-state index contributed by atoms with van der Waals surface area (Å²) in [6, 6.07) is 7.81. The second kappa shape index (κ2) is 5.52. The van der Waals surface area contributed by atoms with Crippen LogP contribution in [0, 0.1) is 0 Å². The van der Waals surface area contributed by atoms with Gasteiger partial charge in [0.2, 0.25) is 0 Å². The van der Waals surface area contributed by atoms with E-state index in [1.165, 1.54) is 0 Å². The third kappa shape index (κ3) is 2.53.